The van der Waals surface area contributed by atoms with Crippen LogP contribution in [0.2, 0.25) is 0 Å². The number of methoxy groups -OCH3 is 2. The zero-order valence-corrected chi connectivity index (χ0v) is 36.3. The summed E-state index contributed by atoms with van der Waals surface area (Å²) in [6.07, 6.45) is 2.03. The average Bonchev–Trinajstić information content (AvgIpc) is 4.09. The van der Waals surface area contributed by atoms with Crippen molar-refractivity contribution < 1.29 is 38.5 Å². The van der Waals surface area contributed by atoms with E-state index < -0.39 is 24.3 Å². The van der Waals surface area contributed by atoms with Gasteiger partial charge in [-0.15, -0.1) is 0 Å². The number of carbonyl (C=O) groups excluding carboxylic acids is 3. The summed E-state index contributed by atoms with van der Waals surface area (Å²) in [4.78, 5) is 72.1. The molecule has 4 amide bonds. The Labute approximate surface area is 360 Å². The van der Waals surface area contributed by atoms with Crippen LogP contribution in [0.3, 0.4) is 0 Å². The molecule has 0 spiro atoms. The van der Waals surface area contributed by atoms with E-state index in [1.54, 1.807) is 12.0 Å². The van der Waals surface area contributed by atoms with Gasteiger partial charge >= 0.3 is 12.2 Å². The van der Waals surface area contributed by atoms with Crippen LogP contribution in [0.25, 0.3) is 44.2 Å². The number of likely N-dealkylation sites (tertiary alicyclic amines) is 2. The van der Waals surface area contributed by atoms with Crippen molar-refractivity contribution in [2.24, 2.45) is 23.7 Å². The van der Waals surface area contributed by atoms with Gasteiger partial charge < -0.3 is 49.7 Å². The highest BCUT2D eigenvalue weighted by Crippen LogP contribution is 2.44. The minimum atomic E-state index is -1.24. The quantitative estimate of drug-likeness (QED) is 0.0856. The van der Waals surface area contributed by atoms with Crippen molar-refractivity contribution in [3.63, 3.8) is 0 Å². The Bertz CT molecular complexity index is 2510. The number of nitrogens with zero attached hydrogens (tertiary/aromatic N) is 4. The molecule has 0 saturated carbocycles. The van der Waals surface area contributed by atoms with Crippen LogP contribution in [0.5, 0.6) is 5.75 Å². The number of amides is 4. The van der Waals surface area contributed by atoms with Gasteiger partial charge in [0, 0.05) is 37.1 Å². The van der Waals surface area contributed by atoms with E-state index in [-0.39, 0.29) is 47.6 Å². The smallest absolute Gasteiger partial charge is 0.407 e. The monoisotopic (exact) mass is 848 g/mol. The third-order valence-electron chi connectivity index (χ3n) is 12.9. The Morgan fingerprint density at radius 2 is 1.68 bits per heavy atom. The second-order valence-electron chi connectivity index (χ2n) is 17.6. The van der Waals surface area contributed by atoms with Crippen molar-refractivity contribution in [2.75, 3.05) is 33.9 Å². The highest BCUT2D eigenvalue weighted by atomic mass is 16.5. The predicted molar refractivity (Wildman–Crippen MR) is 232 cm³/mol. The van der Waals surface area contributed by atoms with Crippen LogP contribution in [0.1, 0.15) is 83.2 Å². The summed E-state index contributed by atoms with van der Waals surface area (Å²) in [5.41, 5.74) is 6.42. The number of alkyl carbamates (subject to hydrolysis) is 1. The molecule has 3 aliphatic heterocycles. The minimum Gasteiger partial charge on any atom is -0.488 e. The van der Waals surface area contributed by atoms with Crippen molar-refractivity contribution >= 4 is 45.8 Å². The van der Waals surface area contributed by atoms with Crippen molar-refractivity contribution in [2.45, 2.75) is 84.7 Å². The number of rotatable bonds is 12. The molecule has 2 saturated heterocycles. The van der Waals surface area contributed by atoms with Crippen molar-refractivity contribution in [1.29, 1.82) is 0 Å². The summed E-state index contributed by atoms with van der Waals surface area (Å²) in [5, 5.41) is 16.6. The summed E-state index contributed by atoms with van der Waals surface area (Å²) in [5.74, 6) is 1.66. The lowest BCUT2D eigenvalue weighted by Crippen LogP contribution is -2.51. The number of carboxylic acid groups (broad SMARTS) is 1. The highest BCUT2D eigenvalue weighted by molar-refractivity contribution is 6.07. The summed E-state index contributed by atoms with van der Waals surface area (Å²) in [6.45, 7) is 11.5. The number of fused-ring (bicyclic) bond motifs is 6. The number of aromatic nitrogens is 4. The molecule has 5 N–H and O–H groups in total. The van der Waals surface area contributed by atoms with E-state index in [0.29, 0.717) is 50.8 Å². The molecule has 0 bridgehead atoms. The van der Waals surface area contributed by atoms with Gasteiger partial charge in [0.05, 0.1) is 48.7 Å². The number of ether oxygens (including phenoxy) is 3. The molecule has 3 aliphatic rings. The maximum atomic E-state index is 14.0. The minimum absolute atomic E-state index is 0.0654. The third kappa shape index (κ3) is 8.03. The maximum Gasteiger partial charge on any atom is 0.407 e. The van der Waals surface area contributed by atoms with Crippen LogP contribution < -0.4 is 15.4 Å². The number of nitrogens with one attached hydrogen (secondary N) is 4. The Morgan fingerprint density at radius 1 is 0.919 bits per heavy atom. The lowest BCUT2D eigenvalue weighted by Gasteiger charge is -2.30. The number of imidazole rings is 2. The van der Waals surface area contributed by atoms with Crippen LogP contribution in [0.15, 0.2) is 48.7 Å². The third-order valence-corrected chi connectivity index (χ3v) is 12.9. The number of aromatic amines is 2. The molecule has 16 nitrogen and oxygen atoms in total. The lowest BCUT2D eigenvalue weighted by atomic mass is 9.92. The molecule has 16 heteroatoms. The van der Waals surface area contributed by atoms with Gasteiger partial charge in [-0.2, -0.15) is 0 Å². The first-order chi connectivity index (χ1) is 29.8. The molecular formula is C46H56N8O8. The molecule has 3 aromatic carbocycles. The van der Waals surface area contributed by atoms with E-state index in [1.165, 1.54) is 7.11 Å². The molecule has 328 valence electrons. The molecule has 62 heavy (non-hydrogen) atoms. The van der Waals surface area contributed by atoms with Crippen molar-refractivity contribution in [3.05, 3.63) is 65.9 Å². The van der Waals surface area contributed by atoms with Crippen LogP contribution in [0, 0.1) is 23.7 Å². The Balaban J connectivity index is 1.05. The first-order valence-corrected chi connectivity index (χ1v) is 21.5. The molecular weight excluding hydrogens is 793 g/mol. The fourth-order valence-electron chi connectivity index (χ4n) is 9.49. The number of H-pyrrole nitrogens is 2. The summed E-state index contributed by atoms with van der Waals surface area (Å²) < 4.78 is 16.7. The van der Waals surface area contributed by atoms with Gasteiger partial charge in [0.25, 0.3) is 0 Å². The van der Waals surface area contributed by atoms with Gasteiger partial charge in [0.15, 0.2) is 0 Å². The van der Waals surface area contributed by atoms with Gasteiger partial charge in [-0.05, 0) is 76.9 Å². The van der Waals surface area contributed by atoms with E-state index in [0.717, 1.165) is 61.9 Å². The van der Waals surface area contributed by atoms with E-state index in [4.69, 9.17) is 24.2 Å². The largest absolute Gasteiger partial charge is 0.488 e. The Kier molecular flexibility index (Phi) is 11.9. The molecule has 7 atom stereocenters. The predicted octanol–water partition coefficient (Wildman–Crippen LogP) is 7.17. The molecule has 0 aliphatic carbocycles. The molecule has 5 aromatic rings. The number of hydrogen-bond acceptors (Lipinski definition) is 9. The average molecular weight is 849 g/mol. The standard InChI is InChI=1S/C46H56N8O8/c1-8-25(5)39(52-46(59)61-7)44(56)53-19-24(4)13-35(53)41-47-18-34(49-41)28-9-11-30-29(15-28)22-62-37-17-31-27(16-32(30)37)10-12-33-40(31)50-42(48-33)36-14-26(21-60-6)20-54(36)43(55)38(23(2)3)51-45(57)58/h9-12,15-18,23-26,35-36,38-39,51H,8,13-14,19-22H2,1-7H3,(H,47,49)(H,48,50)(H,52,59)(H,57,58)/t24-,25+,26-,35-,36-,38-,39-/m0/s1. The normalized spacial score (nSPS) is 21.0. The first kappa shape index (κ1) is 42.5. The van der Waals surface area contributed by atoms with Gasteiger partial charge in [-0.1, -0.05) is 59.2 Å². The number of carbonyl (C=O) groups is 4. The molecule has 8 rings (SSSR count). The van der Waals surface area contributed by atoms with Gasteiger partial charge in [-0.25, -0.2) is 19.6 Å². The Morgan fingerprint density at radius 3 is 2.40 bits per heavy atom. The summed E-state index contributed by atoms with van der Waals surface area (Å²) >= 11 is 0. The first-order valence-electron chi connectivity index (χ1n) is 21.5. The van der Waals surface area contributed by atoms with Crippen LogP contribution in [-0.2, 0) is 25.7 Å². The van der Waals surface area contributed by atoms with Crippen LogP contribution >= 0.6 is 0 Å². The topological polar surface area (TPSA) is 204 Å². The second kappa shape index (κ2) is 17.3. The molecule has 2 aromatic heterocycles. The molecule has 2 fully saturated rings. The summed E-state index contributed by atoms with van der Waals surface area (Å²) in [6, 6.07) is 12.3. The zero-order valence-electron chi connectivity index (χ0n) is 36.3. The lowest BCUT2D eigenvalue weighted by molar-refractivity contribution is -0.136. The SMILES string of the molecule is CC[C@@H](C)[C@H](NC(=O)OC)C(=O)N1C[C@@H](C)C[C@H]1c1ncc(-c2ccc3c(c2)COc2cc4c(ccc5[nH]c([C@@H]6C[C@H](COC)CN6C(=O)[C@@H](NC(=O)O)C(C)C)nc54)cc2-3)[nH]1. The Hall–Kier alpha value is -6.16. The van der Waals surface area contributed by atoms with E-state index in [1.807, 2.05) is 50.9 Å². The summed E-state index contributed by atoms with van der Waals surface area (Å²) in [7, 11) is 2.94. The van der Waals surface area contributed by atoms with E-state index >= 15 is 0 Å². The van der Waals surface area contributed by atoms with E-state index in [9.17, 15) is 24.3 Å². The second-order valence-corrected chi connectivity index (χ2v) is 17.6. The van der Waals surface area contributed by atoms with Gasteiger partial charge in [-0.3, -0.25) is 9.59 Å². The fraction of sp³-hybridized carbons (Fsp3) is 0.478. The van der Waals surface area contributed by atoms with Crippen molar-refractivity contribution in [3.8, 4) is 28.1 Å². The number of hydrogen-bond donors (Lipinski definition) is 5. The van der Waals surface area contributed by atoms with Crippen molar-refractivity contribution in [1.82, 2.24) is 40.4 Å². The molecule has 5 heterocycles. The molecule has 0 radical (unpaired) electrons. The fourth-order valence-corrected chi connectivity index (χ4v) is 9.49. The van der Waals surface area contributed by atoms with Crippen LogP contribution in [-0.4, -0.2) is 105 Å². The molecule has 0 unspecified atom stereocenters. The maximum absolute atomic E-state index is 14.0. The van der Waals surface area contributed by atoms with E-state index in [2.05, 4.69) is 57.9 Å². The van der Waals surface area contributed by atoms with Gasteiger partial charge in [0.1, 0.15) is 36.1 Å². The van der Waals surface area contributed by atoms with Gasteiger partial charge in [0.2, 0.25) is 11.8 Å². The highest BCUT2D eigenvalue weighted by Gasteiger charge is 2.43. The number of benzene rings is 3. The van der Waals surface area contributed by atoms with Crippen LogP contribution in [0.4, 0.5) is 9.59 Å². The zero-order chi connectivity index (χ0) is 44.0.